The average Bonchev–Trinajstić information content (AvgIpc) is 3.05. The molecule has 10 heteroatoms. The molecule has 2 aromatic rings. The summed E-state index contributed by atoms with van der Waals surface area (Å²) in [6.45, 7) is 5.79. The third-order valence-electron chi connectivity index (χ3n) is 3.79. The van der Waals surface area contributed by atoms with Crippen LogP contribution in [0.5, 0.6) is 0 Å². The molecule has 0 amide bonds. The predicted octanol–water partition coefficient (Wildman–Crippen LogP) is 3.62. The molecule has 2 rings (SSSR count). The zero-order valence-corrected chi connectivity index (χ0v) is 17.7. The van der Waals surface area contributed by atoms with Crippen molar-refractivity contribution in [3.63, 3.8) is 0 Å². The van der Waals surface area contributed by atoms with Crippen molar-refractivity contribution in [1.29, 1.82) is 0 Å². The van der Waals surface area contributed by atoms with E-state index >= 15 is 0 Å². The minimum absolute atomic E-state index is 0.0205. The van der Waals surface area contributed by atoms with Crippen LogP contribution in [0.2, 0.25) is 5.02 Å². The van der Waals surface area contributed by atoms with Crippen molar-refractivity contribution in [2.45, 2.75) is 37.8 Å². The predicted molar refractivity (Wildman–Crippen MR) is 103 cm³/mol. The largest absolute Gasteiger partial charge is 0.465 e. The Morgan fingerprint density at radius 2 is 2.12 bits per heavy atom. The van der Waals surface area contributed by atoms with Crippen LogP contribution in [-0.2, 0) is 28.2 Å². The number of carbonyl (C=O) groups excluding carboxylic acids is 1. The van der Waals surface area contributed by atoms with Crippen molar-refractivity contribution >= 4 is 44.7 Å². The lowest BCUT2D eigenvalue weighted by Gasteiger charge is -2.06. The molecule has 0 fully saturated rings. The van der Waals surface area contributed by atoms with Gasteiger partial charge in [0, 0.05) is 18.7 Å². The number of thiophene rings is 1. The lowest BCUT2D eigenvalue weighted by molar-refractivity contribution is 0.0606. The Bertz CT molecular complexity index is 916. The van der Waals surface area contributed by atoms with Gasteiger partial charge in [-0.1, -0.05) is 25.4 Å². The number of hydrogen-bond acceptors (Lipinski definition) is 6. The number of esters is 1. The van der Waals surface area contributed by atoms with Crippen LogP contribution in [-0.4, -0.2) is 31.3 Å². The Kier molecular flexibility index (Phi) is 6.36. The highest BCUT2D eigenvalue weighted by Crippen LogP contribution is 2.36. The summed E-state index contributed by atoms with van der Waals surface area (Å²) in [5.41, 5.74) is 1.13. The molecule has 26 heavy (non-hydrogen) atoms. The summed E-state index contributed by atoms with van der Waals surface area (Å²) in [7, 11) is -1.02. The Labute approximate surface area is 162 Å². The van der Waals surface area contributed by atoms with Gasteiger partial charge < -0.3 is 4.74 Å². The van der Waals surface area contributed by atoms with Crippen LogP contribution < -0.4 is 4.72 Å². The summed E-state index contributed by atoms with van der Waals surface area (Å²) in [6.07, 6.45) is 1.73. The van der Waals surface area contributed by atoms with Crippen LogP contribution >= 0.6 is 22.9 Å². The van der Waals surface area contributed by atoms with E-state index in [4.69, 9.17) is 11.6 Å². The summed E-state index contributed by atoms with van der Waals surface area (Å²) >= 11 is 6.89. The van der Waals surface area contributed by atoms with Crippen molar-refractivity contribution in [1.82, 2.24) is 9.78 Å². The van der Waals surface area contributed by atoms with Gasteiger partial charge in [-0.05, 0) is 25.7 Å². The van der Waals surface area contributed by atoms with Gasteiger partial charge in [-0.2, -0.15) is 5.10 Å². The highest BCUT2D eigenvalue weighted by molar-refractivity contribution is 7.94. The second kappa shape index (κ2) is 7.98. The number of hydrogen-bond donors (Lipinski definition) is 1. The molecule has 0 unspecified atom stereocenters. The molecule has 1 N–H and O–H groups in total. The topological polar surface area (TPSA) is 90.3 Å². The number of methoxy groups -OCH3 is 1. The Morgan fingerprint density at radius 1 is 1.46 bits per heavy atom. The third kappa shape index (κ3) is 4.39. The van der Waals surface area contributed by atoms with E-state index in [1.807, 2.05) is 0 Å². The number of rotatable bonds is 7. The zero-order valence-electron chi connectivity index (χ0n) is 15.3. The Balaban J connectivity index is 2.31. The quantitative estimate of drug-likeness (QED) is 0.692. The molecule has 0 saturated carbocycles. The highest BCUT2D eigenvalue weighted by Gasteiger charge is 2.28. The summed E-state index contributed by atoms with van der Waals surface area (Å²) in [4.78, 5) is 11.8. The molecule has 0 aromatic carbocycles. The molecule has 0 aliphatic heterocycles. The summed E-state index contributed by atoms with van der Waals surface area (Å²) in [5.74, 6) is 0.221. The molecule has 2 heterocycles. The number of sulfonamides is 1. The van der Waals surface area contributed by atoms with Gasteiger partial charge in [-0.15, -0.1) is 11.3 Å². The Hall–Kier alpha value is -1.58. The van der Waals surface area contributed by atoms with E-state index in [0.717, 1.165) is 29.9 Å². The fourth-order valence-electron chi connectivity index (χ4n) is 2.32. The third-order valence-corrected chi connectivity index (χ3v) is 7.62. The first-order valence-corrected chi connectivity index (χ1v) is 10.7. The summed E-state index contributed by atoms with van der Waals surface area (Å²) < 4.78 is 34.2. The number of halogens is 1. The highest BCUT2D eigenvalue weighted by atomic mass is 35.5. The van der Waals surface area contributed by atoms with Crippen LogP contribution in [0.25, 0.3) is 0 Å². The molecular formula is C16H22ClN3O4S2. The van der Waals surface area contributed by atoms with Gasteiger partial charge in [-0.25, -0.2) is 13.2 Å². The lowest BCUT2D eigenvalue weighted by atomic mass is 10.1. The molecule has 144 valence electrons. The van der Waals surface area contributed by atoms with Gasteiger partial charge in [0.25, 0.3) is 10.0 Å². The van der Waals surface area contributed by atoms with Crippen molar-refractivity contribution in [3.05, 3.63) is 27.2 Å². The number of aromatic nitrogens is 2. The molecule has 0 radical (unpaired) electrons. The maximum Gasteiger partial charge on any atom is 0.349 e. The van der Waals surface area contributed by atoms with Crippen molar-refractivity contribution in [3.8, 4) is 0 Å². The van der Waals surface area contributed by atoms with Crippen LogP contribution in [0.3, 0.4) is 0 Å². The minimum atomic E-state index is -3.91. The fraction of sp³-hybridized carbons (Fsp3) is 0.500. The van der Waals surface area contributed by atoms with Crippen molar-refractivity contribution in [2.75, 3.05) is 11.8 Å². The van der Waals surface area contributed by atoms with Crippen LogP contribution in [0.15, 0.2) is 10.3 Å². The number of carbonyl (C=O) groups is 1. The molecule has 0 atom stereocenters. The van der Waals surface area contributed by atoms with E-state index in [9.17, 15) is 13.2 Å². The molecule has 0 aliphatic rings. The number of nitrogens with zero attached hydrogens (tertiary/aromatic N) is 2. The number of ether oxygens (including phenoxy) is 1. The zero-order chi connectivity index (χ0) is 19.6. The second-order valence-electron chi connectivity index (χ2n) is 6.33. The minimum Gasteiger partial charge on any atom is -0.465 e. The monoisotopic (exact) mass is 419 g/mol. The Morgan fingerprint density at radius 3 is 2.69 bits per heavy atom. The van der Waals surface area contributed by atoms with E-state index in [-0.39, 0.29) is 14.1 Å². The van der Waals surface area contributed by atoms with Gasteiger partial charge in [0.05, 0.1) is 17.8 Å². The van der Waals surface area contributed by atoms with Crippen LogP contribution in [0, 0.1) is 12.8 Å². The van der Waals surface area contributed by atoms with Crippen molar-refractivity contribution in [2.24, 2.45) is 13.0 Å². The van der Waals surface area contributed by atoms with E-state index < -0.39 is 16.0 Å². The van der Waals surface area contributed by atoms with E-state index in [1.165, 1.54) is 11.8 Å². The van der Waals surface area contributed by atoms with E-state index in [1.54, 1.807) is 20.0 Å². The molecule has 7 nitrogen and oxygen atoms in total. The van der Waals surface area contributed by atoms with Gasteiger partial charge in [-0.3, -0.25) is 9.40 Å². The smallest absolute Gasteiger partial charge is 0.349 e. The summed E-state index contributed by atoms with van der Waals surface area (Å²) in [6, 6.07) is 1.71. The van der Waals surface area contributed by atoms with E-state index in [0.29, 0.717) is 17.3 Å². The standard InChI is InChI=1S/C16H22ClN3O4S2/c1-9(2)6-7-11-8-12(20(4)18-11)19-26(22,23)16-10(3)13(17)14(25-16)15(21)24-5/h8-9,19H,6-7H2,1-5H3. The average molecular weight is 420 g/mol. The maximum atomic E-state index is 12.8. The molecule has 0 spiro atoms. The first kappa shape index (κ1) is 20.7. The second-order valence-corrected chi connectivity index (χ2v) is 9.61. The van der Waals surface area contributed by atoms with Gasteiger partial charge in [0.2, 0.25) is 0 Å². The SMILES string of the molecule is COC(=O)c1sc(S(=O)(=O)Nc2cc(CCC(C)C)nn2C)c(C)c1Cl. The number of aryl methyl sites for hydroxylation is 2. The number of nitrogens with one attached hydrogen (secondary N) is 1. The van der Waals surface area contributed by atoms with Gasteiger partial charge in [0.15, 0.2) is 0 Å². The van der Waals surface area contributed by atoms with Gasteiger partial charge >= 0.3 is 5.97 Å². The normalized spacial score (nSPS) is 11.8. The van der Waals surface area contributed by atoms with E-state index in [2.05, 4.69) is 28.4 Å². The molecule has 0 saturated heterocycles. The van der Waals surface area contributed by atoms with Crippen molar-refractivity contribution < 1.29 is 17.9 Å². The first-order valence-electron chi connectivity index (χ1n) is 7.99. The molecular weight excluding hydrogens is 398 g/mol. The first-order chi connectivity index (χ1) is 12.1. The number of anilines is 1. The van der Waals surface area contributed by atoms with Gasteiger partial charge in [0.1, 0.15) is 14.9 Å². The van der Waals surface area contributed by atoms with Crippen LogP contribution in [0.1, 0.15) is 41.2 Å². The maximum absolute atomic E-state index is 12.8. The molecule has 0 bridgehead atoms. The lowest BCUT2D eigenvalue weighted by Crippen LogP contribution is -2.15. The molecule has 0 aliphatic carbocycles. The van der Waals surface area contributed by atoms with Crippen LogP contribution in [0.4, 0.5) is 5.82 Å². The summed E-state index contributed by atoms with van der Waals surface area (Å²) in [5, 5.41) is 4.43. The molecule has 2 aromatic heterocycles. The fourth-order valence-corrected chi connectivity index (χ4v) is 5.45.